The number of benzene rings is 1. The van der Waals surface area contributed by atoms with Crippen LogP contribution in [0.1, 0.15) is 19.4 Å². The van der Waals surface area contributed by atoms with Gasteiger partial charge in [-0.05, 0) is 37.0 Å². The first-order valence-corrected chi connectivity index (χ1v) is 7.06. The molecule has 1 aromatic rings. The Morgan fingerprint density at radius 3 is 2.58 bits per heavy atom. The molecule has 19 heavy (non-hydrogen) atoms. The molecule has 1 aliphatic heterocycles. The lowest BCUT2D eigenvalue weighted by Gasteiger charge is -2.24. The quantitative estimate of drug-likeness (QED) is 0.922. The average Bonchev–Trinajstić information content (AvgIpc) is 2.74. The van der Waals surface area contributed by atoms with Crippen molar-refractivity contribution in [3.8, 4) is 0 Å². The van der Waals surface area contributed by atoms with Gasteiger partial charge in [-0.2, -0.15) is 0 Å². The molecule has 104 valence electrons. The Morgan fingerprint density at radius 1 is 1.42 bits per heavy atom. The van der Waals surface area contributed by atoms with Crippen molar-refractivity contribution < 1.29 is 9.90 Å². The highest BCUT2D eigenvalue weighted by molar-refractivity contribution is 6.30. The van der Waals surface area contributed by atoms with Gasteiger partial charge in [-0.15, -0.1) is 0 Å². The molecule has 0 amide bonds. The molecule has 3 nitrogen and oxygen atoms in total. The molecule has 3 atom stereocenters. The van der Waals surface area contributed by atoms with Crippen molar-refractivity contribution in [1.29, 1.82) is 0 Å². The Morgan fingerprint density at radius 2 is 2.05 bits per heavy atom. The predicted octanol–water partition coefficient (Wildman–Crippen LogP) is 2.92. The first kappa shape index (κ1) is 14.4. The molecule has 2 rings (SSSR count). The van der Waals surface area contributed by atoms with Gasteiger partial charge in [0.1, 0.15) is 0 Å². The lowest BCUT2D eigenvalue weighted by atomic mass is 9.99. The third-order valence-electron chi connectivity index (χ3n) is 4.03. The third-order valence-corrected chi connectivity index (χ3v) is 4.28. The van der Waals surface area contributed by atoms with Gasteiger partial charge < -0.3 is 5.11 Å². The second-order valence-electron chi connectivity index (χ2n) is 5.56. The fraction of sp³-hybridized carbons (Fsp3) is 0.533. The zero-order valence-corrected chi connectivity index (χ0v) is 12.1. The third kappa shape index (κ3) is 3.48. The highest BCUT2D eigenvalue weighted by atomic mass is 35.5. The lowest BCUT2D eigenvalue weighted by Crippen LogP contribution is -2.33. The van der Waals surface area contributed by atoms with Crippen molar-refractivity contribution >= 4 is 17.6 Å². The normalized spacial score (nSPS) is 25.4. The van der Waals surface area contributed by atoms with Crippen LogP contribution in [0, 0.1) is 11.8 Å². The summed E-state index contributed by atoms with van der Waals surface area (Å²) in [5.41, 5.74) is 1.24. The molecule has 3 unspecified atom stereocenters. The number of aliphatic carboxylic acids is 1. The highest BCUT2D eigenvalue weighted by Gasteiger charge is 2.36. The number of nitrogens with zero attached hydrogens (tertiary/aromatic N) is 1. The van der Waals surface area contributed by atoms with Gasteiger partial charge in [0.2, 0.25) is 0 Å². The number of hydrogen-bond donors (Lipinski definition) is 1. The number of halogens is 1. The molecule has 0 saturated carbocycles. The zero-order chi connectivity index (χ0) is 14.0. The Hall–Kier alpha value is -1.06. The standard InChI is InChI=1S/C15H20ClNO2/c1-10-8-17(9-14(10)15(18)19)11(2)7-12-3-5-13(16)6-4-12/h3-6,10-11,14H,7-9H2,1-2H3,(H,18,19). The number of likely N-dealkylation sites (tertiary alicyclic amines) is 1. The monoisotopic (exact) mass is 281 g/mol. The number of hydrogen-bond acceptors (Lipinski definition) is 2. The smallest absolute Gasteiger partial charge is 0.308 e. The molecule has 0 spiro atoms. The van der Waals surface area contributed by atoms with E-state index in [2.05, 4.69) is 11.8 Å². The van der Waals surface area contributed by atoms with Gasteiger partial charge in [0.05, 0.1) is 5.92 Å². The van der Waals surface area contributed by atoms with Crippen molar-refractivity contribution in [2.24, 2.45) is 11.8 Å². The van der Waals surface area contributed by atoms with Crippen LogP contribution >= 0.6 is 11.6 Å². The minimum absolute atomic E-state index is 0.227. The second kappa shape index (κ2) is 5.93. The van der Waals surface area contributed by atoms with E-state index in [1.807, 2.05) is 31.2 Å². The SMILES string of the molecule is CC1CN(C(C)Cc2ccc(Cl)cc2)CC1C(=O)O. The van der Waals surface area contributed by atoms with E-state index < -0.39 is 5.97 Å². The van der Waals surface area contributed by atoms with Gasteiger partial charge in [-0.25, -0.2) is 0 Å². The maximum atomic E-state index is 11.1. The van der Waals surface area contributed by atoms with Gasteiger partial charge >= 0.3 is 5.97 Å². The molecule has 1 aromatic carbocycles. The van der Waals surface area contributed by atoms with E-state index in [1.54, 1.807) is 0 Å². The van der Waals surface area contributed by atoms with Gasteiger partial charge in [0.15, 0.2) is 0 Å². The van der Waals surface area contributed by atoms with Crippen molar-refractivity contribution in [2.75, 3.05) is 13.1 Å². The summed E-state index contributed by atoms with van der Waals surface area (Å²) >= 11 is 5.87. The highest BCUT2D eigenvalue weighted by Crippen LogP contribution is 2.26. The van der Waals surface area contributed by atoms with E-state index in [0.717, 1.165) is 18.0 Å². The minimum Gasteiger partial charge on any atom is -0.481 e. The van der Waals surface area contributed by atoms with E-state index in [9.17, 15) is 4.79 Å². The summed E-state index contributed by atoms with van der Waals surface area (Å²) in [5, 5.41) is 9.91. The van der Waals surface area contributed by atoms with Crippen molar-refractivity contribution in [3.05, 3.63) is 34.9 Å². The number of rotatable bonds is 4. The number of carboxylic acids is 1. The largest absolute Gasteiger partial charge is 0.481 e. The molecule has 1 N–H and O–H groups in total. The molecular weight excluding hydrogens is 262 g/mol. The Kier molecular flexibility index (Phi) is 4.48. The maximum absolute atomic E-state index is 11.1. The van der Waals surface area contributed by atoms with Gasteiger partial charge in [0, 0.05) is 24.2 Å². The molecule has 0 bridgehead atoms. The van der Waals surface area contributed by atoms with Crippen LogP contribution in [0.4, 0.5) is 0 Å². The fourth-order valence-electron chi connectivity index (χ4n) is 2.78. The molecule has 1 aliphatic rings. The Labute approximate surface area is 119 Å². The summed E-state index contributed by atoms with van der Waals surface area (Å²) in [6, 6.07) is 8.22. The minimum atomic E-state index is -0.673. The molecule has 4 heteroatoms. The second-order valence-corrected chi connectivity index (χ2v) is 5.99. The molecule has 0 aromatic heterocycles. The summed E-state index contributed by atoms with van der Waals surface area (Å²) in [4.78, 5) is 13.4. The summed E-state index contributed by atoms with van der Waals surface area (Å²) in [6.45, 7) is 5.70. The van der Waals surface area contributed by atoms with Crippen molar-refractivity contribution in [2.45, 2.75) is 26.3 Å². The van der Waals surface area contributed by atoms with Crippen LogP contribution in [-0.4, -0.2) is 35.1 Å². The van der Waals surface area contributed by atoms with Crippen LogP contribution in [0.2, 0.25) is 5.02 Å². The van der Waals surface area contributed by atoms with Gasteiger partial charge in [-0.1, -0.05) is 30.7 Å². The first-order chi connectivity index (χ1) is 8.97. The summed E-state index contributed by atoms with van der Waals surface area (Å²) < 4.78 is 0. The van der Waals surface area contributed by atoms with Crippen LogP contribution in [0.15, 0.2) is 24.3 Å². The first-order valence-electron chi connectivity index (χ1n) is 6.68. The molecule has 1 fully saturated rings. The maximum Gasteiger partial charge on any atom is 0.308 e. The topological polar surface area (TPSA) is 40.5 Å². The van der Waals surface area contributed by atoms with Crippen LogP contribution in [0.5, 0.6) is 0 Å². The zero-order valence-electron chi connectivity index (χ0n) is 11.3. The van der Waals surface area contributed by atoms with Crippen molar-refractivity contribution in [1.82, 2.24) is 4.90 Å². The lowest BCUT2D eigenvalue weighted by molar-refractivity contribution is -0.142. The summed E-state index contributed by atoms with van der Waals surface area (Å²) in [7, 11) is 0. The van der Waals surface area contributed by atoms with Crippen LogP contribution in [0.25, 0.3) is 0 Å². The van der Waals surface area contributed by atoms with E-state index in [-0.39, 0.29) is 11.8 Å². The van der Waals surface area contributed by atoms with Crippen LogP contribution < -0.4 is 0 Å². The summed E-state index contributed by atoms with van der Waals surface area (Å²) in [6.07, 6.45) is 0.927. The summed E-state index contributed by atoms with van der Waals surface area (Å²) in [5.74, 6) is -0.675. The van der Waals surface area contributed by atoms with Crippen LogP contribution in [-0.2, 0) is 11.2 Å². The Balaban J connectivity index is 1.96. The van der Waals surface area contributed by atoms with E-state index in [4.69, 9.17) is 16.7 Å². The van der Waals surface area contributed by atoms with Crippen LogP contribution in [0.3, 0.4) is 0 Å². The predicted molar refractivity (Wildman–Crippen MR) is 76.5 cm³/mol. The van der Waals surface area contributed by atoms with Gasteiger partial charge in [0.25, 0.3) is 0 Å². The molecule has 0 radical (unpaired) electrons. The molecule has 1 heterocycles. The van der Waals surface area contributed by atoms with E-state index in [1.165, 1.54) is 5.56 Å². The molecule has 0 aliphatic carbocycles. The average molecular weight is 282 g/mol. The molecule has 1 saturated heterocycles. The van der Waals surface area contributed by atoms with Gasteiger partial charge in [-0.3, -0.25) is 9.69 Å². The number of carbonyl (C=O) groups is 1. The van der Waals surface area contributed by atoms with E-state index >= 15 is 0 Å². The Bertz CT molecular complexity index is 446. The fourth-order valence-corrected chi connectivity index (χ4v) is 2.90. The van der Waals surface area contributed by atoms with Crippen molar-refractivity contribution in [3.63, 3.8) is 0 Å². The molecular formula is C15H20ClNO2. The van der Waals surface area contributed by atoms with E-state index in [0.29, 0.717) is 12.6 Å². The number of carboxylic acid groups (broad SMARTS) is 1.